The minimum atomic E-state index is -3.68. The number of carbonyl (C=O) groups is 1. The molecule has 0 atom stereocenters. The number of amides is 1. The number of nitrogens with one attached hydrogen (secondary N) is 2. The van der Waals surface area contributed by atoms with Gasteiger partial charge >= 0.3 is 0 Å². The summed E-state index contributed by atoms with van der Waals surface area (Å²) in [5.41, 5.74) is 4.02. The fourth-order valence-electron chi connectivity index (χ4n) is 2.50. The molecule has 0 unspecified atom stereocenters. The summed E-state index contributed by atoms with van der Waals surface area (Å²) in [6, 6.07) is 10.00. The number of anilines is 2. The monoisotopic (exact) mass is 346 g/mol. The largest absolute Gasteiger partial charge is 0.326 e. The number of benzene rings is 2. The van der Waals surface area contributed by atoms with Crippen molar-refractivity contribution in [2.75, 3.05) is 10.0 Å². The third kappa shape index (κ3) is 4.14. The number of carbonyl (C=O) groups excluding carboxylic acids is 1. The first kappa shape index (κ1) is 18.0. The van der Waals surface area contributed by atoms with E-state index in [0.717, 1.165) is 16.7 Å². The lowest BCUT2D eigenvalue weighted by molar-refractivity contribution is -0.115. The molecule has 2 N–H and O–H groups in total. The van der Waals surface area contributed by atoms with Crippen LogP contribution in [0.25, 0.3) is 0 Å². The van der Waals surface area contributed by atoms with E-state index in [9.17, 15) is 13.2 Å². The van der Waals surface area contributed by atoms with Gasteiger partial charge in [-0.1, -0.05) is 24.6 Å². The summed E-state index contributed by atoms with van der Waals surface area (Å²) in [5, 5.41) is 2.69. The van der Waals surface area contributed by atoms with Crippen LogP contribution in [0.5, 0.6) is 0 Å². The molecule has 0 bridgehead atoms. The maximum absolute atomic E-state index is 12.6. The normalized spacial score (nSPS) is 11.2. The Morgan fingerprint density at radius 2 is 1.54 bits per heavy atom. The van der Waals surface area contributed by atoms with Crippen molar-refractivity contribution in [2.45, 2.75) is 39.0 Å². The van der Waals surface area contributed by atoms with Crippen LogP contribution < -0.4 is 10.0 Å². The zero-order valence-corrected chi connectivity index (χ0v) is 15.1. The van der Waals surface area contributed by atoms with E-state index < -0.39 is 10.0 Å². The second-order valence-corrected chi connectivity index (χ2v) is 7.49. The van der Waals surface area contributed by atoms with E-state index in [2.05, 4.69) is 10.0 Å². The molecule has 2 rings (SSSR count). The SMILES string of the molecule is CCC(=O)Nc1ccc(S(=O)(=O)Nc2c(C)cc(C)cc2C)cc1. The Kier molecular flexibility index (Phi) is 5.29. The average molecular weight is 346 g/mol. The summed E-state index contributed by atoms with van der Waals surface area (Å²) in [5.74, 6) is -0.116. The summed E-state index contributed by atoms with van der Waals surface area (Å²) in [6.07, 6.45) is 0.369. The summed E-state index contributed by atoms with van der Waals surface area (Å²) in [4.78, 5) is 11.5. The maximum atomic E-state index is 12.6. The Morgan fingerprint density at radius 1 is 1.00 bits per heavy atom. The van der Waals surface area contributed by atoms with Crippen molar-refractivity contribution < 1.29 is 13.2 Å². The Bertz CT molecular complexity index is 833. The molecular weight excluding hydrogens is 324 g/mol. The number of rotatable bonds is 5. The molecule has 0 aliphatic heterocycles. The van der Waals surface area contributed by atoms with E-state index in [1.165, 1.54) is 12.1 Å². The summed E-state index contributed by atoms with van der Waals surface area (Å²) >= 11 is 0. The number of sulfonamides is 1. The van der Waals surface area contributed by atoms with Crippen LogP contribution in [-0.4, -0.2) is 14.3 Å². The van der Waals surface area contributed by atoms with Gasteiger partial charge in [0.05, 0.1) is 10.6 Å². The highest BCUT2D eigenvalue weighted by Crippen LogP contribution is 2.25. The highest BCUT2D eigenvalue weighted by molar-refractivity contribution is 7.92. The van der Waals surface area contributed by atoms with Crippen molar-refractivity contribution in [3.63, 3.8) is 0 Å². The smallest absolute Gasteiger partial charge is 0.261 e. The van der Waals surface area contributed by atoms with Crippen LogP contribution in [0.15, 0.2) is 41.3 Å². The van der Waals surface area contributed by atoms with E-state index in [4.69, 9.17) is 0 Å². The predicted octanol–water partition coefficient (Wildman–Crippen LogP) is 3.76. The van der Waals surface area contributed by atoms with Gasteiger partial charge in [0.25, 0.3) is 10.0 Å². The van der Waals surface area contributed by atoms with Gasteiger partial charge < -0.3 is 5.32 Å². The van der Waals surface area contributed by atoms with Gasteiger partial charge in [-0.25, -0.2) is 8.42 Å². The predicted molar refractivity (Wildman–Crippen MR) is 96.8 cm³/mol. The van der Waals surface area contributed by atoms with Crippen LogP contribution in [0, 0.1) is 20.8 Å². The van der Waals surface area contributed by atoms with Crippen molar-refractivity contribution in [1.82, 2.24) is 0 Å². The summed E-state index contributed by atoms with van der Waals surface area (Å²) in [7, 11) is -3.68. The zero-order valence-electron chi connectivity index (χ0n) is 14.3. The van der Waals surface area contributed by atoms with Gasteiger partial charge in [-0.3, -0.25) is 9.52 Å². The third-order valence-electron chi connectivity index (χ3n) is 3.68. The van der Waals surface area contributed by atoms with Crippen LogP contribution in [0.1, 0.15) is 30.0 Å². The first-order valence-corrected chi connectivity index (χ1v) is 9.22. The Balaban J connectivity index is 2.26. The highest BCUT2D eigenvalue weighted by Gasteiger charge is 2.17. The van der Waals surface area contributed by atoms with Gasteiger partial charge in [0.1, 0.15) is 0 Å². The third-order valence-corrected chi connectivity index (χ3v) is 5.05. The van der Waals surface area contributed by atoms with Gasteiger partial charge in [0.15, 0.2) is 0 Å². The molecular formula is C18H22N2O3S. The molecule has 0 aliphatic carbocycles. The van der Waals surface area contributed by atoms with Crippen LogP contribution in [0.2, 0.25) is 0 Å². The molecule has 6 heteroatoms. The van der Waals surface area contributed by atoms with Crippen molar-refractivity contribution in [2.24, 2.45) is 0 Å². The minimum Gasteiger partial charge on any atom is -0.326 e. The van der Waals surface area contributed by atoms with E-state index in [1.54, 1.807) is 19.1 Å². The van der Waals surface area contributed by atoms with Crippen molar-refractivity contribution in [3.05, 3.63) is 53.1 Å². The molecule has 0 aromatic heterocycles. The molecule has 0 radical (unpaired) electrons. The van der Waals surface area contributed by atoms with Crippen LogP contribution >= 0.6 is 0 Å². The average Bonchev–Trinajstić information content (AvgIpc) is 2.51. The molecule has 0 fully saturated rings. The lowest BCUT2D eigenvalue weighted by Crippen LogP contribution is -2.15. The number of aryl methyl sites for hydroxylation is 3. The van der Waals surface area contributed by atoms with Gasteiger partial charge in [0.2, 0.25) is 5.91 Å². The molecule has 0 saturated heterocycles. The van der Waals surface area contributed by atoms with Crippen LogP contribution in [0.3, 0.4) is 0 Å². The van der Waals surface area contributed by atoms with Crippen molar-refractivity contribution in [3.8, 4) is 0 Å². The van der Waals surface area contributed by atoms with Crippen LogP contribution in [0.4, 0.5) is 11.4 Å². The topological polar surface area (TPSA) is 75.3 Å². The van der Waals surface area contributed by atoms with Crippen molar-refractivity contribution in [1.29, 1.82) is 0 Å². The number of hydrogen-bond donors (Lipinski definition) is 2. The molecule has 0 saturated carbocycles. The molecule has 2 aromatic rings. The van der Waals surface area contributed by atoms with Gasteiger partial charge in [-0.15, -0.1) is 0 Å². The quantitative estimate of drug-likeness (QED) is 0.865. The highest BCUT2D eigenvalue weighted by atomic mass is 32.2. The molecule has 5 nitrogen and oxygen atoms in total. The first-order chi connectivity index (χ1) is 11.2. The molecule has 2 aromatic carbocycles. The molecule has 0 heterocycles. The van der Waals surface area contributed by atoms with Gasteiger partial charge in [-0.2, -0.15) is 0 Å². The second-order valence-electron chi connectivity index (χ2n) is 5.81. The fraction of sp³-hybridized carbons (Fsp3) is 0.278. The van der Waals surface area contributed by atoms with Gasteiger partial charge in [0, 0.05) is 12.1 Å². The lowest BCUT2D eigenvalue weighted by atomic mass is 10.1. The van der Waals surface area contributed by atoms with E-state index in [0.29, 0.717) is 17.8 Å². The van der Waals surface area contributed by atoms with Crippen LogP contribution in [-0.2, 0) is 14.8 Å². The Labute approximate surface area is 143 Å². The lowest BCUT2D eigenvalue weighted by Gasteiger charge is -2.14. The summed E-state index contributed by atoms with van der Waals surface area (Å²) < 4.78 is 27.8. The minimum absolute atomic E-state index is 0.116. The van der Waals surface area contributed by atoms with Crippen molar-refractivity contribution >= 4 is 27.3 Å². The molecule has 1 amide bonds. The fourth-order valence-corrected chi connectivity index (χ4v) is 3.70. The maximum Gasteiger partial charge on any atom is 0.261 e. The molecule has 0 spiro atoms. The van der Waals surface area contributed by atoms with Gasteiger partial charge in [-0.05, 0) is 56.2 Å². The van der Waals surface area contributed by atoms with E-state index in [-0.39, 0.29) is 10.8 Å². The molecule has 24 heavy (non-hydrogen) atoms. The first-order valence-electron chi connectivity index (χ1n) is 7.73. The second kappa shape index (κ2) is 7.05. The Hall–Kier alpha value is -2.34. The number of hydrogen-bond acceptors (Lipinski definition) is 3. The van der Waals surface area contributed by atoms with E-state index in [1.807, 2.05) is 32.9 Å². The Morgan fingerprint density at radius 3 is 2.04 bits per heavy atom. The van der Waals surface area contributed by atoms with E-state index >= 15 is 0 Å². The summed E-state index contributed by atoms with van der Waals surface area (Å²) in [6.45, 7) is 7.48. The zero-order chi connectivity index (χ0) is 17.9. The molecule has 128 valence electrons. The standard InChI is InChI=1S/C18H22N2O3S/c1-5-17(21)19-15-6-8-16(9-7-15)24(22,23)20-18-13(3)10-12(2)11-14(18)4/h6-11,20H,5H2,1-4H3,(H,19,21). The molecule has 0 aliphatic rings.